The van der Waals surface area contributed by atoms with E-state index in [-0.39, 0.29) is 5.82 Å². The van der Waals surface area contributed by atoms with Crippen LogP contribution in [0.4, 0.5) is 4.39 Å². The van der Waals surface area contributed by atoms with Gasteiger partial charge < -0.3 is 5.32 Å². The van der Waals surface area contributed by atoms with Gasteiger partial charge in [-0.15, -0.1) is 0 Å². The van der Waals surface area contributed by atoms with Gasteiger partial charge in [-0.3, -0.25) is 0 Å². The molecule has 102 valence electrons. The highest BCUT2D eigenvalue weighted by molar-refractivity contribution is 9.10. The minimum atomic E-state index is -0.235. The lowest BCUT2D eigenvalue weighted by Crippen LogP contribution is -2.24. The Labute approximate surface area is 120 Å². The second-order valence-corrected chi connectivity index (χ2v) is 5.52. The van der Waals surface area contributed by atoms with Crippen LogP contribution in [-0.2, 0) is 13.1 Å². The molecule has 4 nitrogen and oxygen atoms in total. The molecule has 0 spiro atoms. The van der Waals surface area contributed by atoms with Crippen LogP contribution in [0.25, 0.3) is 0 Å². The van der Waals surface area contributed by atoms with Crippen molar-refractivity contribution in [1.29, 1.82) is 0 Å². The molecule has 0 aliphatic rings. The smallest absolute Gasteiger partial charge is 0.141 e. The summed E-state index contributed by atoms with van der Waals surface area (Å²) < 4.78 is 16.3. The van der Waals surface area contributed by atoms with E-state index in [1.807, 2.05) is 0 Å². The maximum absolute atomic E-state index is 13.7. The molecule has 1 aromatic carbocycles. The van der Waals surface area contributed by atoms with Gasteiger partial charge in [-0.2, -0.15) is 5.10 Å². The molecule has 6 heteroatoms. The van der Waals surface area contributed by atoms with Crippen LogP contribution in [0.15, 0.2) is 29.0 Å². The van der Waals surface area contributed by atoms with Crippen LogP contribution in [0.5, 0.6) is 0 Å². The van der Waals surface area contributed by atoms with Gasteiger partial charge in [-0.05, 0) is 18.2 Å². The number of nitrogens with zero attached hydrogens (tertiary/aromatic N) is 3. The van der Waals surface area contributed by atoms with Crippen LogP contribution in [-0.4, -0.2) is 20.8 Å². The Morgan fingerprint density at radius 2 is 2.21 bits per heavy atom. The Balaban J connectivity index is 2.15. The number of aromatic nitrogens is 3. The standard InChI is InChI=1S/C13H16BrFN4/c1-9(2)16-6-13-17-8-18-19(13)7-10-5-11(14)3-4-12(10)15/h3-5,8-9,16H,6-7H2,1-2H3. The average Bonchev–Trinajstić information content (AvgIpc) is 2.79. The molecule has 0 aliphatic carbocycles. The third-order valence-electron chi connectivity index (χ3n) is 2.69. The second-order valence-electron chi connectivity index (χ2n) is 4.61. The molecule has 2 aromatic rings. The van der Waals surface area contributed by atoms with Crippen LogP contribution in [0.3, 0.4) is 0 Å². The summed E-state index contributed by atoms with van der Waals surface area (Å²) in [6.45, 7) is 5.12. The number of rotatable bonds is 5. The SMILES string of the molecule is CC(C)NCc1ncnn1Cc1cc(Br)ccc1F. The van der Waals surface area contributed by atoms with Gasteiger partial charge in [0.25, 0.3) is 0 Å². The monoisotopic (exact) mass is 326 g/mol. The predicted octanol–water partition coefficient (Wildman–Crippen LogP) is 2.73. The van der Waals surface area contributed by atoms with E-state index in [0.717, 1.165) is 10.3 Å². The van der Waals surface area contributed by atoms with Gasteiger partial charge in [0.15, 0.2) is 0 Å². The summed E-state index contributed by atoms with van der Waals surface area (Å²) in [5.41, 5.74) is 0.589. The Hall–Kier alpha value is -1.27. The van der Waals surface area contributed by atoms with E-state index in [0.29, 0.717) is 24.7 Å². The number of nitrogens with one attached hydrogen (secondary N) is 1. The van der Waals surface area contributed by atoms with Crippen molar-refractivity contribution in [1.82, 2.24) is 20.1 Å². The van der Waals surface area contributed by atoms with Crippen LogP contribution in [0, 0.1) is 5.82 Å². The largest absolute Gasteiger partial charge is 0.308 e. The zero-order valence-electron chi connectivity index (χ0n) is 10.9. The summed E-state index contributed by atoms with van der Waals surface area (Å²) >= 11 is 3.34. The molecule has 0 saturated carbocycles. The van der Waals surface area contributed by atoms with E-state index >= 15 is 0 Å². The fourth-order valence-corrected chi connectivity index (χ4v) is 2.09. The predicted molar refractivity (Wildman–Crippen MR) is 75.2 cm³/mol. The van der Waals surface area contributed by atoms with Gasteiger partial charge in [0, 0.05) is 16.1 Å². The molecule has 0 amide bonds. The molecule has 0 radical (unpaired) electrons. The van der Waals surface area contributed by atoms with Crippen LogP contribution < -0.4 is 5.32 Å². The molecule has 0 unspecified atom stereocenters. The molecule has 2 rings (SSSR count). The number of hydrogen-bond donors (Lipinski definition) is 1. The Kier molecular flexibility index (Phi) is 4.66. The lowest BCUT2D eigenvalue weighted by Gasteiger charge is -2.10. The van der Waals surface area contributed by atoms with E-state index in [1.165, 1.54) is 12.4 Å². The third kappa shape index (κ3) is 3.84. The normalized spacial score (nSPS) is 11.2. The summed E-state index contributed by atoms with van der Waals surface area (Å²) in [7, 11) is 0. The van der Waals surface area contributed by atoms with Gasteiger partial charge in [-0.1, -0.05) is 29.8 Å². The van der Waals surface area contributed by atoms with E-state index in [1.54, 1.807) is 16.8 Å². The Morgan fingerprint density at radius 3 is 2.95 bits per heavy atom. The summed E-state index contributed by atoms with van der Waals surface area (Å²) in [6.07, 6.45) is 1.49. The molecule has 0 fully saturated rings. The Morgan fingerprint density at radius 1 is 1.42 bits per heavy atom. The first kappa shape index (κ1) is 14.1. The maximum atomic E-state index is 13.7. The number of hydrogen-bond acceptors (Lipinski definition) is 3. The molecule has 0 bridgehead atoms. The summed E-state index contributed by atoms with van der Waals surface area (Å²) in [4.78, 5) is 4.19. The lowest BCUT2D eigenvalue weighted by atomic mass is 10.2. The third-order valence-corrected chi connectivity index (χ3v) is 3.19. The van der Waals surface area contributed by atoms with Gasteiger partial charge >= 0.3 is 0 Å². The van der Waals surface area contributed by atoms with Gasteiger partial charge in [0.1, 0.15) is 18.0 Å². The molecular weight excluding hydrogens is 311 g/mol. The molecule has 1 N–H and O–H groups in total. The molecule has 1 heterocycles. The first-order valence-electron chi connectivity index (χ1n) is 6.10. The van der Waals surface area contributed by atoms with Gasteiger partial charge in [-0.25, -0.2) is 14.1 Å². The number of halogens is 2. The zero-order valence-corrected chi connectivity index (χ0v) is 12.5. The van der Waals surface area contributed by atoms with Crippen LogP contribution in [0.2, 0.25) is 0 Å². The molecule has 0 saturated heterocycles. The van der Waals surface area contributed by atoms with Crippen LogP contribution in [0.1, 0.15) is 25.2 Å². The van der Waals surface area contributed by atoms with Crippen molar-refractivity contribution >= 4 is 15.9 Å². The first-order valence-corrected chi connectivity index (χ1v) is 6.89. The summed E-state index contributed by atoms with van der Waals surface area (Å²) in [5.74, 6) is 0.564. The van der Waals surface area contributed by atoms with E-state index < -0.39 is 0 Å². The fraction of sp³-hybridized carbons (Fsp3) is 0.385. The highest BCUT2D eigenvalue weighted by atomic mass is 79.9. The van der Waals surface area contributed by atoms with Crippen molar-refractivity contribution in [3.63, 3.8) is 0 Å². The molecule has 0 atom stereocenters. The van der Waals surface area contributed by atoms with E-state index in [4.69, 9.17) is 0 Å². The molecular formula is C13H16BrFN4. The zero-order chi connectivity index (χ0) is 13.8. The average molecular weight is 327 g/mol. The summed E-state index contributed by atoms with van der Waals surface area (Å²) in [5, 5.41) is 7.42. The van der Waals surface area contributed by atoms with E-state index in [2.05, 4.69) is 45.2 Å². The van der Waals surface area contributed by atoms with Crippen molar-refractivity contribution in [2.75, 3.05) is 0 Å². The van der Waals surface area contributed by atoms with Gasteiger partial charge in [0.2, 0.25) is 0 Å². The Bertz CT molecular complexity index is 553. The van der Waals surface area contributed by atoms with Crippen molar-refractivity contribution in [3.05, 3.63) is 46.2 Å². The van der Waals surface area contributed by atoms with E-state index in [9.17, 15) is 4.39 Å². The maximum Gasteiger partial charge on any atom is 0.141 e. The minimum absolute atomic E-state index is 0.235. The van der Waals surface area contributed by atoms with Crippen molar-refractivity contribution in [2.45, 2.75) is 33.0 Å². The quantitative estimate of drug-likeness (QED) is 0.918. The highest BCUT2D eigenvalue weighted by Gasteiger charge is 2.09. The lowest BCUT2D eigenvalue weighted by molar-refractivity contribution is 0.528. The summed E-state index contributed by atoms with van der Waals surface area (Å²) in [6, 6.07) is 5.26. The van der Waals surface area contributed by atoms with Crippen molar-refractivity contribution in [2.24, 2.45) is 0 Å². The molecule has 0 aliphatic heterocycles. The second kappa shape index (κ2) is 6.25. The van der Waals surface area contributed by atoms with Crippen molar-refractivity contribution in [3.8, 4) is 0 Å². The minimum Gasteiger partial charge on any atom is -0.308 e. The van der Waals surface area contributed by atoms with Gasteiger partial charge in [0.05, 0.1) is 13.1 Å². The van der Waals surface area contributed by atoms with Crippen LogP contribution >= 0.6 is 15.9 Å². The molecule has 1 aromatic heterocycles. The number of benzene rings is 1. The fourth-order valence-electron chi connectivity index (χ4n) is 1.68. The topological polar surface area (TPSA) is 42.7 Å². The molecule has 19 heavy (non-hydrogen) atoms. The van der Waals surface area contributed by atoms with Crippen molar-refractivity contribution < 1.29 is 4.39 Å². The highest BCUT2D eigenvalue weighted by Crippen LogP contribution is 2.16. The first-order chi connectivity index (χ1) is 9.06.